The number of methoxy groups -OCH3 is 3. The lowest BCUT2D eigenvalue weighted by atomic mass is 10.1. The van der Waals surface area contributed by atoms with Crippen LogP contribution in [0.5, 0.6) is 17.2 Å². The van der Waals surface area contributed by atoms with Crippen molar-refractivity contribution in [3.8, 4) is 17.2 Å². The molecule has 0 saturated heterocycles. The third-order valence-corrected chi connectivity index (χ3v) is 2.83. The predicted octanol–water partition coefficient (Wildman–Crippen LogP) is 1.27. The van der Waals surface area contributed by atoms with Crippen LogP contribution in [0.15, 0.2) is 18.3 Å². The Morgan fingerprint density at radius 1 is 1.19 bits per heavy atom. The number of rotatable bonds is 5. The third-order valence-electron chi connectivity index (χ3n) is 2.83. The second-order valence-corrected chi connectivity index (χ2v) is 4.07. The first-order valence-electron chi connectivity index (χ1n) is 6.01. The minimum Gasteiger partial charge on any atom is -0.493 e. The molecule has 0 aliphatic rings. The Kier molecular flexibility index (Phi) is 4.17. The van der Waals surface area contributed by atoms with Crippen LogP contribution in [0.3, 0.4) is 0 Å². The second-order valence-electron chi connectivity index (χ2n) is 4.07. The van der Waals surface area contributed by atoms with Crippen molar-refractivity contribution < 1.29 is 19.0 Å². The van der Waals surface area contributed by atoms with Crippen LogP contribution < -0.4 is 25.3 Å². The number of carbonyl (C=O) groups excluding carboxylic acids is 1. The van der Waals surface area contributed by atoms with Gasteiger partial charge >= 0.3 is 0 Å². The molecule has 1 aromatic carbocycles. The Hall–Kier alpha value is -2.90. The van der Waals surface area contributed by atoms with E-state index in [1.165, 1.54) is 27.5 Å². The Labute approximate surface area is 121 Å². The van der Waals surface area contributed by atoms with E-state index in [1.54, 1.807) is 12.1 Å². The lowest BCUT2D eigenvalue weighted by Gasteiger charge is -2.13. The molecule has 0 atom stereocenters. The van der Waals surface area contributed by atoms with Gasteiger partial charge < -0.3 is 25.3 Å². The molecule has 8 nitrogen and oxygen atoms in total. The molecule has 0 spiro atoms. The van der Waals surface area contributed by atoms with Crippen LogP contribution in [-0.2, 0) is 0 Å². The van der Waals surface area contributed by atoms with Crippen molar-refractivity contribution in [2.75, 3.05) is 32.4 Å². The molecule has 1 heterocycles. The molecule has 0 unspecified atom stereocenters. The maximum absolute atomic E-state index is 12.2. The van der Waals surface area contributed by atoms with Crippen molar-refractivity contribution in [1.29, 1.82) is 0 Å². The van der Waals surface area contributed by atoms with Gasteiger partial charge in [-0.15, -0.1) is 0 Å². The zero-order valence-electron chi connectivity index (χ0n) is 11.9. The molecule has 2 aromatic rings. The van der Waals surface area contributed by atoms with Crippen molar-refractivity contribution in [1.82, 2.24) is 10.2 Å². The zero-order valence-corrected chi connectivity index (χ0v) is 11.9. The number of benzene rings is 1. The first-order chi connectivity index (χ1) is 10.1. The molecule has 8 heteroatoms. The zero-order chi connectivity index (χ0) is 15.4. The molecular weight excluding hydrogens is 276 g/mol. The van der Waals surface area contributed by atoms with Crippen LogP contribution >= 0.6 is 0 Å². The standard InChI is InChI=1S/C13H16N4O4/c1-19-9-4-7(5-10(20-2)11(9)21-3)13(18)16-12-8(14)6-15-17-12/h4-6H,14H2,1-3H3,(H2,15,16,17,18). The maximum atomic E-state index is 12.2. The van der Waals surface area contributed by atoms with E-state index < -0.39 is 0 Å². The number of carbonyl (C=O) groups is 1. The highest BCUT2D eigenvalue weighted by atomic mass is 16.5. The maximum Gasteiger partial charge on any atom is 0.257 e. The van der Waals surface area contributed by atoms with E-state index in [2.05, 4.69) is 15.5 Å². The lowest BCUT2D eigenvalue weighted by Crippen LogP contribution is -2.14. The largest absolute Gasteiger partial charge is 0.493 e. The Bertz CT molecular complexity index is 628. The number of nitrogens with one attached hydrogen (secondary N) is 2. The number of hydrogen-bond acceptors (Lipinski definition) is 6. The number of aromatic amines is 1. The molecule has 0 aliphatic heterocycles. The molecule has 0 bridgehead atoms. The van der Waals surface area contributed by atoms with E-state index in [4.69, 9.17) is 19.9 Å². The van der Waals surface area contributed by atoms with Gasteiger partial charge in [-0.2, -0.15) is 5.10 Å². The fourth-order valence-corrected chi connectivity index (χ4v) is 1.79. The van der Waals surface area contributed by atoms with Crippen LogP contribution in [0.25, 0.3) is 0 Å². The smallest absolute Gasteiger partial charge is 0.257 e. The Balaban J connectivity index is 2.35. The van der Waals surface area contributed by atoms with Gasteiger partial charge in [-0.1, -0.05) is 0 Å². The number of nitrogens with two attached hydrogens (primary N) is 1. The second kappa shape index (κ2) is 6.04. The molecule has 21 heavy (non-hydrogen) atoms. The van der Waals surface area contributed by atoms with Gasteiger partial charge in [-0.3, -0.25) is 9.89 Å². The van der Waals surface area contributed by atoms with E-state index in [-0.39, 0.29) is 5.91 Å². The first kappa shape index (κ1) is 14.5. The van der Waals surface area contributed by atoms with E-state index in [1.807, 2.05) is 0 Å². The molecular formula is C13H16N4O4. The van der Waals surface area contributed by atoms with Crippen LogP contribution in [0, 0.1) is 0 Å². The van der Waals surface area contributed by atoms with Gasteiger partial charge in [0.1, 0.15) is 0 Å². The molecule has 0 saturated carbocycles. The summed E-state index contributed by atoms with van der Waals surface area (Å²) >= 11 is 0. The summed E-state index contributed by atoms with van der Waals surface area (Å²) < 4.78 is 15.6. The van der Waals surface area contributed by atoms with E-state index in [9.17, 15) is 4.79 Å². The summed E-state index contributed by atoms with van der Waals surface area (Å²) in [6, 6.07) is 3.09. The number of amides is 1. The summed E-state index contributed by atoms with van der Waals surface area (Å²) in [5.74, 6) is 1.13. The van der Waals surface area contributed by atoms with Gasteiger partial charge in [-0.25, -0.2) is 0 Å². The van der Waals surface area contributed by atoms with Gasteiger partial charge in [0.15, 0.2) is 17.3 Å². The minimum atomic E-state index is -0.384. The quantitative estimate of drug-likeness (QED) is 0.765. The third kappa shape index (κ3) is 2.83. The first-order valence-corrected chi connectivity index (χ1v) is 6.01. The Morgan fingerprint density at radius 2 is 1.81 bits per heavy atom. The van der Waals surface area contributed by atoms with Crippen molar-refractivity contribution in [2.24, 2.45) is 0 Å². The molecule has 112 valence electrons. The number of H-pyrrole nitrogens is 1. The highest BCUT2D eigenvalue weighted by molar-refractivity contribution is 6.05. The summed E-state index contributed by atoms with van der Waals surface area (Å²) in [6.07, 6.45) is 1.41. The molecule has 2 rings (SSSR count). The molecule has 4 N–H and O–H groups in total. The molecule has 1 aromatic heterocycles. The van der Waals surface area contributed by atoms with Crippen LogP contribution in [0.4, 0.5) is 11.5 Å². The van der Waals surface area contributed by atoms with Gasteiger partial charge in [0.2, 0.25) is 5.75 Å². The topological polar surface area (TPSA) is 111 Å². The average molecular weight is 292 g/mol. The number of aromatic nitrogens is 2. The van der Waals surface area contributed by atoms with Crippen LogP contribution in [0.2, 0.25) is 0 Å². The summed E-state index contributed by atoms with van der Waals surface area (Å²) in [6.45, 7) is 0. The molecule has 0 fully saturated rings. The monoisotopic (exact) mass is 292 g/mol. The van der Waals surface area contributed by atoms with E-state index >= 15 is 0 Å². The summed E-state index contributed by atoms with van der Waals surface area (Å²) in [5.41, 5.74) is 6.32. The number of hydrogen-bond donors (Lipinski definition) is 3. The Morgan fingerprint density at radius 3 is 2.24 bits per heavy atom. The molecule has 0 aliphatic carbocycles. The highest BCUT2D eigenvalue weighted by Crippen LogP contribution is 2.38. The normalized spacial score (nSPS) is 10.0. The van der Waals surface area contributed by atoms with Gasteiger partial charge in [0.05, 0.1) is 33.2 Å². The SMILES string of the molecule is COc1cc(C(=O)Nc2[nH]ncc2N)cc(OC)c1OC. The number of anilines is 2. The summed E-state index contributed by atoms with van der Waals surface area (Å²) in [5, 5.41) is 8.93. The summed E-state index contributed by atoms with van der Waals surface area (Å²) in [4.78, 5) is 12.2. The van der Waals surface area contributed by atoms with E-state index in [0.717, 1.165) is 0 Å². The van der Waals surface area contributed by atoms with Crippen molar-refractivity contribution in [3.05, 3.63) is 23.9 Å². The number of nitrogens with zero attached hydrogens (tertiary/aromatic N) is 1. The van der Waals surface area contributed by atoms with Gasteiger partial charge in [0, 0.05) is 5.56 Å². The van der Waals surface area contributed by atoms with Crippen LogP contribution in [0.1, 0.15) is 10.4 Å². The van der Waals surface area contributed by atoms with Gasteiger partial charge in [0.25, 0.3) is 5.91 Å². The minimum absolute atomic E-state index is 0.328. The fraction of sp³-hybridized carbons (Fsp3) is 0.231. The highest BCUT2D eigenvalue weighted by Gasteiger charge is 2.17. The average Bonchev–Trinajstić information content (AvgIpc) is 2.90. The number of ether oxygens (including phenoxy) is 3. The lowest BCUT2D eigenvalue weighted by molar-refractivity contribution is 0.102. The fourth-order valence-electron chi connectivity index (χ4n) is 1.79. The number of nitrogen functional groups attached to an aromatic ring is 1. The van der Waals surface area contributed by atoms with Crippen LogP contribution in [-0.4, -0.2) is 37.4 Å². The predicted molar refractivity (Wildman–Crippen MR) is 77.1 cm³/mol. The molecule has 0 radical (unpaired) electrons. The van der Waals surface area contributed by atoms with E-state index in [0.29, 0.717) is 34.3 Å². The van der Waals surface area contributed by atoms with Gasteiger partial charge in [-0.05, 0) is 12.1 Å². The molecule has 1 amide bonds. The van der Waals surface area contributed by atoms with Crippen molar-refractivity contribution in [3.63, 3.8) is 0 Å². The van der Waals surface area contributed by atoms with Crippen molar-refractivity contribution in [2.45, 2.75) is 0 Å². The summed E-state index contributed by atoms with van der Waals surface area (Å²) in [7, 11) is 4.45. The van der Waals surface area contributed by atoms with Crippen molar-refractivity contribution >= 4 is 17.4 Å².